The van der Waals surface area contributed by atoms with Crippen LogP contribution in [-0.2, 0) is 6.54 Å². The van der Waals surface area contributed by atoms with Gasteiger partial charge in [-0.25, -0.2) is 0 Å². The topological polar surface area (TPSA) is 55.2 Å². The zero-order valence-electron chi connectivity index (χ0n) is 12.0. The first-order valence-electron chi connectivity index (χ1n) is 7.04. The average Bonchev–Trinajstić information content (AvgIpc) is 2.35. The van der Waals surface area contributed by atoms with E-state index in [0.717, 1.165) is 12.8 Å². The molecule has 0 amide bonds. The van der Waals surface area contributed by atoms with E-state index in [2.05, 4.69) is 19.2 Å². The Balaban J connectivity index is 2.06. The quantitative estimate of drug-likeness (QED) is 0.665. The number of nitrogens with one attached hydrogen (secondary N) is 1. The second kappa shape index (κ2) is 6.10. The Kier molecular flexibility index (Phi) is 4.66. The van der Waals surface area contributed by atoms with E-state index in [1.807, 2.05) is 0 Å². The number of hydrogen-bond donors (Lipinski definition) is 1. The first kappa shape index (κ1) is 15.3. The van der Waals surface area contributed by atoms with Crippen LogP contribution in [0.15, 0.2) is 18.2 Å². The number of nitro groups is 1. The molecule has 1 saturated carbocycles. The standard InChI is InChI=1S/C15H21ClN2O2/c1-15(2)8-4-5-11(9-15)17-10-12-13(16)6-3-7-14(12)18(19)20/h3,6-7,11,17H,4-5,8-10H2,1-2H3. The van der Waals surface area contributed by atoms with Crippen molar-refractivity contribution < 1.29 is 4.92 Å². The predicted octanol–water partition coefficient (Wildman–Crippen LogP) is 4.31. The molecule has 1 aliphatic rings. The maximum Gasteiger partial charge on any atom is 0.275 e. The fourth-order valence-electron chi connectivity index (χ4n) is 3.01. The summed E-state index contributed by atoms with van der Waals surface area (Å²) in [6, 6.07) is 5.24. The summed E-state index contributed by atoms with van der Waals surface area (Å²) in [5.74, 6) is 0. The molecule has 1 aliphatic carbocycles. The van der Waals surface area contributed by atoms with Crippen LogP contribution >= 0.6 is 11.6 Å². The van der Waals surface area contributed by atoms with Gasteiger partial charge in [0.1, 0.15) is 0 Å². The lowest BCUT2D eigenvalue weighted by atomic mass is 9.75. The summed E-state index contributed by atoms with van der Waals surface area (Å²) in [7, 11) is 0. The zero-order valence-corrected chi connectivity index (χ0v) is 12.7. The zero-order chi connectivity index (χ0) is 14.8. The van der Waals surface area contributed by atoms with Gasteiger partial charge in [-0.15, -0.1) is 0 Å². The van der Waals surface area contributed by atoms with Crippen molar-refractivity contribution in [3.8, 4) is 0 Å². The Morgan fingerprint density at radius 3 is 2.90 bits per heavy atom. The summed E-state index contributed by atoms with van der Waals surface area (Å²) >= 11 is 6.10. The number of halogens is 1. The highest BCUT2D eigenvalue weighted by Gasteiger charge is 2.28. The average molecular weight is 297 g/mol. The minimum Gasteiger partial charge on any atom is -0.310 e. The largest absolute Gasteiger partial charge is 0.310 e. The van der Waals surface area contributed by atoms with Gasteiger partial charge in [-0.05, 0) is 30.7 Å². The first-order chi connectivity index (χ1) is 9.39. The highest BCUT2D eigenvalue weighted by molar-refractivity contribution is 6.31. The molecule has 0 spiro atoms. The molecule has 2 rings (SSSR count). The van der Waals surface area contributed by atoms with Crippen LogP contribution in [0.3, 0.4) is 0 Å². The summed E-state index contributed by atoms with van der Waals surface area (Å²) in [6.45, 7) is 5.01. The highest BCUT2D eigenvalue weighted by Crippen LogP contribution is 2.35. The van der Waals surface area contributed by atoms with Crippen LogP contribution in [0.2, 0.25) is 5.02 Å². The number of rotatable bonds is 4. The summed E-state index contributed by atoms with van der Waals surface area (Å²) in [5.41, 5.74) is 1.03. The monoisotopic (exact) mass is 296 g/mol. The van der Waals surface area contributed by atoms with Gasteiger partial charge in [0.25, 0.3) is 5.69 Å². The molecule has 4 nitrogen and oxygen atoms in total. The van der Waals surface area contributed by atoms with Crippen molar-refractivity contribution in [1.29, 1.82) is 0 Å². The van der Waals surface area contributed by atoms with E-state index in [1.165, 1.54) is 18.9 Å². The molecule has 0 heterocycles. The molecule has 20 heavy (non-hydrogen) atoms. The normalized spacial score (nSPS) is 21.6. The van der Waals surface area contributed by atoms with E-state index in [1.54, 1.807) is 12.1 Å². The lowest BCUT2D eigenvalue weighted by molar-refractivity contribution is -0.385. The molecule has 0 radical (unpaired) electrons. The van der Waals surface area contributed by atoms with Gasteiger partial charge >= 0.3 is 0 Å². The van der Waals surface area contributed by atoms with Crippen molar-refractivity contribution in [2.45, 2.75) is 52.1 Å². The third kappa shape index (κ3) is 3.70. The van der Waals surface area contributed by atoms with Gasteiger partial charge in [0.15, 0.2) is 0 Å². The van der Waals surface area contributed by atoms with E-state index >= 15 is 0 Å². The van der Waals surface area contributed by atoms with Crippen molar-refractivity contribution >= 4 is 17.3 Å². The fraction of sp³-hybridized carbons (Fsp3) is 0.600. The Labute approximate surface area is 124 Å². The Bertz CT molecular complexity index is 503. The third-order valence-electron chi connectivity index (χ3n) is 4.06. The number of nitrogens with zero attached hydrogens (tertiary/aromatic N) is 1. The van der Waals surface area contributed by atoms with E-state index in [0.29, 0.717) is 28.6 Å². The van der Waals surface area contributed by atoms with Gasteiger partial charge in [0.05, 0.1) is 15.5 Å². The second-order valence-electron chi connectivity index (χ2n) is 6.33. The van der Waals surface area contributed by atoms with Gasteiger partial charge in [0.2, 0.25) is 0 Å². The minimum atomic E-state index is -0.367. The van der Waals surface area contributed by atoms with Crippen molar-refractivity contribution in [2.24, 2.45) is 5.41 Å². The number of benzene rings is 1. The molecule has 1 N–H and O–H groups in total. The molecule has 1 atom stereocenters. The molecule has 0 aromatic heterocycles. The van der Waals surface area contributed by atoms with Crippen LogP contribution in [0.1, 0.15) is 45.1 Å². The van der Waals surface area contributed by atoms with Crippen LogP contribution < -0.4 is 5.32 Å². The molecule has 0 bridgehead atoms. The maximum atomic E-state index is 11.0. The molecule has 5 heteroatoms. The minimum absolute atomic E-state index is 0.0973. The Morgan fingerprint density at radius 1 is 1.50 bits per heavy atom. The van der Waals surface area contributed by atoms with Gasteiger partial charge in [-0.2, -0.15) is 0 Å². The van der Waals surface area contributed by atoms with Gasteiger partial charge in [0, 0.05) is 18.7 Å². The lowest BCUT2D eigenvalue weighted by Gasteiger charge is -2.35. The lowest BCUT2D eigenvalue weighted by Crippen LogP contribution is -2.37. The van der Waals surface area contributed by atoms with Crippen molar-refractivity contribution in [1.82, 2.24) is 5.32 Å². The molecule has 110 valence electrons. The summed E-state index contributed by atoms with van der Waals surface area (Å²) in [5, 5.41) is 14.9. The molecule has 1 aromatic carbocycles. The molecule has 1 unspecified atom stereocenters. The molecule has 1 fully saturated rings. The third-order valence-corrected chi connectivity index (χ3v) is 4.42. The van der Waals surface area contributed by atoms with E-state index in [9.17, 15) is 10.1 Å². The first-order valence-corrected chi connectivity index (χ1v) is 7.42. The van der Waals surface area contributed by atoms with Crippen LogP contribution in [0.25, 0.3) is 0 Å². The van der Waals surface area contributed by atoms with Crippen molar-refractivity contribution in [3.05, 3.63) is 38.9 Å². The number of hydrogen-bond acceptors (Lipinski definition) is 3. The van der Waals surface area contributed by atoms with Crippen LogP contribution in [0.5, 0.6) is 0 Å². The predicted molar refractivity (Wildman–Crippen MR) is 81.0 cm³/mol. The molecular weight excluding hydrogens is 276 g/mol. The Hall–Kier alpha value is -1.13. The Morgan fingerprint density at radius 2 is 2.25 bits per heavy atom. The SMILES string of the molecule is CC1(C)CCCC(NCc2c(Cl)cccc2[N+](=O)[O-])C1. The summed E-state index contributed by atoms with van der Waals surface area (Å²) in [6.07, 6.45) is 4.68. The van der Waals surface area contributed by atoms with Gasteiger partial charge < -0.3 is 5.32 Å². The fourth-order valence-corrected chi connectivity index (χ4v) is 3.25. The van der Waals surface area contributed by atoms with Crippen LogP contribution in [0.4, 0.5) is 5.69 Å². The molecule has 1 aromatic rings. The van der Waals surface area contributed by atoms with E-state index in [4.69, 9.17) is 11.6 Å². The van der Waals surface area contributed by atoms with Crippen LogP contribution in [0, 0.1) is 15.5 Å². The molecular formula is C15H21ClN2O2. The summed E-state index contributed by atoms with van der Waals surface area (Å²) < 4.78 is 0. The highest BCUT2D eigenvalue weighted by atomic mass is 35.5. The van der Waals surface area contributed by atoms with Crippen molar-refractivity contribution in [3.63, 3.8) is 0 Å². The summed E-state index contributed by atoms with van der Waals surface area (Å²) in [4.78, 5) is 10.7. The van der Waals surface area contributed by atoms with Crippen LogP contribution in [-0.4, -0.2) is 11.0 Å². The maximum absolute atomic E-state index is 11.0. The van der Waals surface area contributed by atoms with Crippen molar-refractivity contribution in [2.75, 3.05) is 0 Å². The van der Waals surface area contributed by atoms with Gasteiger partial charge in [-0.3, -0.25) is 10.1 Å². The number of nitro benzene ring substituents is 1. The van der Waals surface area contributed by atoms with E-state index < -0.39 is 0 Å². The van der Waals surface area contributed by atoms with Gasteiger partial charge in [-0.1, -0.05) is 37.9 Å². The van der Waals surface area contributed by atoms with E-state index in [-0.39, 0.29) is 10.6 Å². The molecule has 0 saturated heterocycles. The second-order valence-corrected chi connectivity index (χ2v) is 6.74. The molecule has 0 aliphatic heterocycles. The smallest absolute Gasteiger partial charge is 0.275 e.